The third kappa shape index (κ3) is 4.30. The van der Waals surface area contributed by atoms with Crippen molar-refractivity contribution in [2.75, 3.05) is 26.2 Å². The topological polar surface area (TPSA) is 25.4 Å². The van der Waals surface area contributed by atoms with Gasteiger partial charge in [-0.05, 0) is 25.6 Å². The number of likely N-dealkylation sites (N-methyl/N-ethyl adjacent to an activating group) is 1. The summed E-state index contributed by atoms with van der Waals surface area (Å²) >= 11 is 0. The Labute approximate surface area is 92.1 Å². The fourth-order valence-electron chi connectivity index (χ4n) is 1.36. The zero-order chi connectivity index (χ0) is 11.1. The van der Waals surface area contributed by atoms with Gasteiger partial charge in [-0.1, -0.05) is 19.9 Å². The summed E-state index contributed by atoms with van der Waals surface area (Å²) in [6.45, 7) is 10.1. The molecule has 0 aliphatic heterocycles. The van der Waals surface area contributed by atoms with E-state index in [9.17, 15) is 0 Å². The molecule has 3 heteroatoms. The Morgan fingerprint density at radius 2 is 2.00 bits per heavy atom. The number of aryl methyl sites for hydroxylation is 1. The molecule has 0 unspecified atom stereocenters. The summed E-state index contributed by atoms with van der Waals surface area (Å²) in [5, 5.41) is 0. The highest BCUT2D eigenvalue weighted by atomic mass is 16.5. The molecular formula is C12H20N2O. The Morgan fingerprint density at radius 1 is 1.27 bits per heavy atom. The highest BCUT2D eigenvalue weighted by Crippen LogP contribution is 2.06. The zero-order valence-electron chi connectivity index (χ0n) is 9.86. The summed E-state index contributed by atoms with van der Waals surface area (Å²) < 4.78 is 5.54. The Hall–Kier alpha value is -1.09. The van der Waals surface area contributed by atoms with E-state index in [-0.39, 0.29) is 0 Å². The molecule has 0 saturated carbocycles. The Kier molecular flexibility index (Phi) is 5.12. The first-order valence-corrected chi connectivity index (χ1v) is 5.54. The van der Waals surface area contributed by atoms with Gasteiger partial charge in [0.1, 0.15) is 6.61 Å². The second-order valence-corrected chi connectivity index (χ2v) is 3.55. The molecule has 0 bridgehead atoms. The van der Waals surface area contributed by atoms with Gasteiger partial charge in [-0.3, -0.25) is 0 Å². The highest BCUT2D eigenvalue weighted by Gasteiger charge is 1.99. The van der Waals surface area contributed by atoms with Crippen LogP contribution < -0.4 is 4.74 Å². The maximum absolute atomic E-state index is 5.54. The summed E-state index contributed by atoms with van der Waals surface area (Å²) in [5.74, 6) is 0.716. The number of rotatable bonds is 6. The van der Waals surface area contributed by atoms with E-state index < -0.39 is 0 Å². The minimum Gasteiger partial charge on any atom is -0.476 e. The third-order valence-electron chi connectivity index (χ3n) is 2.44. The zero-order valence-corrected chi connectivity index (χ0v) is 9.86. The van der Waals surface area contributed by atoms with Crippen LogP contribution in [0.4, 0.5) is 0 Å². The maximum atomic E-state index is 5.54. The summed E-state index contributed by atoms with van der Waals surface area (Å²) in [5.41, 5.74) is 1.16. The highest BCUT2D eigenvalue weighted by molar-refractivity contribution is 5.16. The monoisotopic (exact) mass is 208 g/mol. The molecule has 15 heavy (non-hydrogen) atoms. The molecule has 1 aromatic rings. The second-order valence-electron chi connectivity index (χ2n) is 3.55. The first kappa shape index (κ1) is 12.0. The predicted octanol–water partition coefficient (Wildman–Crippen LogP) is 2.11. The molecule has 1 heterocycles. The van der Waals surface area contributed by atoms with Crippen molar-refractivity contribution < 1.29 is 4.74 Å². The van der Waals surface area contributed by atoms with Crippen molar-refractivity contribution in [2.45, 2.75) is 20.8 Å². The van der Waals surface area contributed by atoms with Gasteiger partial charge in [0, 0.05) is 18.8 Å². The summed E-state index contributed by atoms with van der Waals surface area (Å²) in [6, 6.07) is 3.93. The van der Waals surface area contributed by atoms with Crippen molar-refractivity contribution in [3.05, 3.63) is 23.9 Å². The molecule has 84 valence electrons. The van der Waals surface area contributed by atoms with Crippen molar-refractivity contribution in [3.8, 4) is 5.88 Å². The van der Waals surface area contributed by atoms with Crippen LogP contribution in [0.15, 0.2) is 18.3 Å². The molecule has 0 N–H and O–H groups in total. The molecule has 3 nitrogen and oxygen atoms in total. The molecule has 0 fully saturated rings. The van der Waals surface area contributed by atoms with Crippen LogP contribution >= 0.6 is 0 Å². The van der Waals surface area contributed by atoms with E-state index in [2.05, 4.69) is 23.7 Å². The fraction of sp³-hybridized carbons (Fsp3) is 0.583. The van der Waals surface area contributed by atoms with Crippen molar-refractivity contribution in [1.29, 1.82) is 0 Å². The SMILES string of the molecule is CCN(CC)CCOc1ccc(C)cn1. The average molecular weight is 208 g/mol. The van der Waals surface area contributed by atoms with E-state index in [4.69, 9.17) is 4.74 Å². The van der Waals surface area contributed by atoms with E-state index >= 15 is 0 Å². The summed E-state index contributed by atoms with van der Waals surface area (Å²) in [7, 11) is 0. The van der Waals surface area contributed by atoms with Gasteiger partial charge in [0.25, 0.3) is 0 Å². The smallest absolute Gasteiger partial charge is 0.213 e. The lowest BCUT2D eigenvalue weighted by atomic mass is 10.3. The van der Waals surface area contributed by atoms with Crippen LogP contribution in [0, 0.1) is 6.92 Å². The maximum Gasteiger partial charge on any atom is 0.213 e. The van der Waals surface area contributed by atoms with E-state index in [0.717, 1.165) is 25.2 Å². The quantitative estimate of drug-likeness (QED) is 0.716. The number of nitrogens with zero attached hydrogens (tertiary/aromatic N) is 2. The molecule has 0 saturated heterocycles. The number of hydrogen-bond acceptors (Lipinski definition) is 3. The van der Waals surface area contributed by atoms with Crippen molar-refractivity contribution >= 4 is 0 Å². The first-order valence-electron chi connectivity index (χ1n) is 5.54. The van der Waals surface area contributed by atoms with Crippen LogP contribution in [-0.4, -0.2) is 36.1 Å². The molecular weight excluding hydrogens is 188 g/mol. The second kappa shape index (κ2) is 6.40. The van der Waals surface area contributed by atoms with Crippen molar-refractivity contribution in [3.63, 3.8) is 0 Å². The van der Waals surface area contributed by atoms with Gasteiger partial charge in [0.15, 0.2) is 0 Å². The van der Waals surface area contributed by atoms with Gasteiger partial charge in [-0.25, -0.2) is 4.98 Å². The lowest BCUT2D eigenvalue weighted by molar-refractivity contribution is 0.218. The normalized spacial score (nSPS) is 10.7. The molecule has 0 amide bonds. The molecule has 1 rings (SSSR count). The molecule has 0 spiro atoms. The summed E-state index contributed by atoms with van der Waals surface area (Å²) in [6.07, 6.45) is 1.83. The third-order valence-corrected chi connectivity index (χ3v) is 2.44. The number of hydrogen-bond donors (Lipinski definition) is 0. The van der Waals surface area contributed by atoms with Crippen LogP contribution in [0.2, 0.25) is 0 Å². The Balaban J connectivity index is 2.28. The van der Waals surface area contributed by atoms with E-state index in [1.54, 1.807) is 0 Å². The van der Waals surface area contributed by atoms with Gasteiger partial charge in [0.05, 0.1) is 0 Å². The molecule has 0 aliphatic carbocycles. The molecule has 0 aromatic carbocycles. The van der Waals surface area contributed by atoms with Crippen molar-refractivity contribution in [1.82, 2.24) is 9.88 Å². The van der Waals surface area contributed by atoms with Gasteiger partial charge in [-0.15, -0.1) is 0 Å². The number of ether oxygens (including phenoxy) is 1. The minimum absolute atomic E-state index is 0.706. The van der Waals surface area contributed by atoms with Crippen LogP contribution in [0.25, 0.3) is 0 Å². The average Bonchev–Trinajstić information content (AvgIpc) is 2.27. The van der Waals surface area contributed by atoms with Gasteiger partial charge in [-0.2, -0.15) is 0 Å². The van der Waals surface area contributed by atoms with Crippen molar-refractivity contribution in [2.24, 2.45) is 0 Å². The Bertz CT molecular complexity index is 267. The minimum atomic E-state index is 0.706. The number of pyridine rings is 1. The molecule has 0 radical (unpaired) electrons. The van der Waals surface area contributed by atoms with E-state index in [1.807, 2.05) is 25.3 Å². The number of aromatic nitrogens is 1. The summed E-state index contributed by atoms with van der Waals surface area (Å²) in [4.78, 5) is 6.51. The Morgan fingerprint density at radius 3 is 2.53 bits per heavy atom. The molecule has 0 aliphatic rings. The van der Waals surface area contributed by atoms with Gasteiger partial charge < -0.3 is 9.64 Å². The lowest BCUT2D eigenvalue weighted by Gasteiger charge is -2.17. The van der Waals surface area contributed by atoms with E-state index in [0.29, 0.717) is 12.5 Å². The van der Waals surface area contributed by atoms with E-state index in [1.165, 1.54) is 0 Å². The standard InChI is InChI=1S/C12H20N2O/c1-4-14(5-2)8-9-15-12-7-6-11(3)10-13-12/h6-7,10H,4-5,8-9H2,1-3H3. The molecule has 1 aromatic heterocycles. The van der Waals surface area contributed by atoms with Gasteiger partial charge >= 0.3 is 0 Å². The molecule has 0 atom stereocenters. The van der Waals surface area contributed by atoms with Crippen LogP contribution in [0.5, 0.6) is 5.88 Å². The first-order chi connectivity index (χ1) is 7.26. The van der Waals surface area contributed by atoms with Crippen LogP contribution in [0.1, 0.15) is 19.4 Å². The van der Waals surface area contributed by atoms with Gasteiger partial charge in [0.2, 0.25) is 5.88 Å². The van der Waals surface area contributed by atoms with Crippen LogP contribution in [-0.2, 0) is 0 Å². The van der Waals surface area contributed by atoms with Crippen LogP contribution in [0.3, 0.4) is 0 Å². The largest absolute Gasteiger partial charge is 0.476 e. The predicted molar refractivity (Wildman–Crippen MR) is 62.3 cm³/mol. The lowest BCUT2D eigenvalue weighted by Crippen LogP contribution is -2.28. The fourth-order valence-corrected chi connectivity index (χ4v) is 1.36.